The molecule has 2 nitrogen and oxygen atoms in total. The van der Waals surface area contributed by atoms with Crippen LogP contribution in [0.4, 0.5) is 4.39 Å². The van der Waals surface area contributed by atoms with E-state index in [0.717, 1.165) is 19.7 Å². The summed E-state index contributed by atoms with van der Waals surface area (Å²) in [5.74, 6) is -0.440. The van der Waals surface area contributed by atoms with Gasteiger partial charge in [-0.15, -0.1) is 11.3 Å². The molecule has 3 aromatic rings. The molecule has 0 amide bonds. The Labute approximate surface area is 131 Å². The summed E-state index contributed by atoms with van der Waals surface area (Å²) < 4.78 is 17.1. The number of aromatic nitrogens is 2. The van der Waals surface area contributed by atoms with E-state index in [2.05, 4.69) is 20.9 Å². The van der Waals surface area contributed by atoms with Crippen LogP contribution in [0.3, 0.4) is 0 Å². The number of nitrogens with one attached hydrogen (secondary N) is 1. The lowest BCUT2D eigenvalue weighted by Crippen LogP contribution is -1.97. The van der Waals surface area contributed by atoms with Crippen LogP contribution in [0.5, 0.6) is 0 Å². The molecular formula is C12H7BrClFN2S2. The Morgan fingerprint density at radius 3 is 2.89 bits per heavy atom. The molecule has 3 rings (SSSR count). The van der Waals surface area contributed by atoms with E-state index in [4.69, 9.17) is 23.8 Å². The van der Waals surface area contributed by atoms with Crippen molar-refractivity contribution in [2.45, 2.75) is 6.54 Å². The lowest BCUT2D eigenvalue weighted by Gasteiger charge is -2.03. The molecule has 1 aromatic carbocycles. The molecule has 98 valence electrons. The first kappa shape index (κ1) is 13.3. The van der Waals surface area contributed by atoms with Gasteiger partial charge in [-0.3, -0.25) is 0 Å². The lowest BCUT2D eigenvalue weighted by atomic mass is 10.3. The monoisotopic (exact) mass is 376 g/mol. The van der Waals surface area contributed by atoms with Gasteiger partial charge >= 0.3 is 0 Å². The van der Waals surface area contributed by atoms with Crippen LogP contribution in [0.25, 0.3) is 11.0 Å². The highest BCUT2D eigenvalue weighted by Crippen LogP contribution is 2.26. The third kappa shape index (κ3) is 2.50. The smallest absolute Gasteiger partial charge is 0.178 e. The van der Waals surface area contributed by atoms with Gasteiger partial charge in [0.15, 0.2) is 4.77 Å². The van der Waals surface area contributed by atoms with E-state index in [1.165, 1.54) is 6.07 Å². The zero-order valence-corrected chi connectivity index (χ0v) is 13.4. The SMILES string of the molecule is Fc1cc2c(cc1Cl)[nH]c(=S)n2Cc1ccc(Br)s1. The van der Waals surface area contributed by atoms with Gasteiger partial charge in [0.25, 0.3) is 0 Å². The largest absolute Gasteiger partial charge is 0.331 e. The van der Waals surface area contributed by atoms with Crippen molar-refractivity contribution >= 4 is 62.1 Å². The first-order chi connectivity index (χ1) is 9.04. The highest BCUT2D eigenvalue weighted by Gasteiger charge is 2.10. The number of imidazole rings is 1. The second-order valence-electron chi connectivity index (χ2n) is 4.01. The standard InChI is InChI=1S/C12H7BrClFN2S2/c13-11-2-1-6(19-11)5-17-10-4-8(15)7(14)3-9(10)16-12(17)18/h1-4H,5H2,(H,16,18). The second kappa shape index (κ2) is 5.01. The van der Waals surface area contributed by atoms with E-state index in [-0.39, 0.29) is 5.02 Å². The number of nitrogens with zero attached hydrogens (tertiary/aromatic N) is 1. The van der Waals surface area contributed by atoms with Gasteiger partial charge in [-0.25, -0.2) is 4.39 Å². The van der Waals surface area contributed by atoms with Gasteiger partial charge in [0.05, 0.1) is 26.4 Å². The summed E-state index contributed by atoms with van der Waals surface area (Å²) in [4.78, 5) is 4.18. The molecule has 0 spiro atoms. The predicted octanol–water partition coefficient (Wildman–Crippen LogP) is 5.36. The highest BCUT2D eigenvalue weighted by atomic mass is 79.9. The fourth-order valence-corrected chi connectivity index (χ4v) is 3.81. The Morgan fingerprint density at radius 2 is 2.21 bits per heavy atom. The third-order valence-corrected chi connectivity index (χ3v) is 4.98. The molecule has 0 radical (unpaired) electrons. The quantitative estimate of drug-likeness (QED) is 0.596. The van der Waals surface area contributed by atoms with Crippen molar-refractivity contribution in [1.29, 1.82) is 0 Å². The maximum Gasteiger partial charge on any atom is 0.178 e. The zero-order valence-electron chi connectivity index (χ0n) is 9.41. The predicted molar refractivity (Wildman–Crippen MR) is 83.2 cm³/mol. The minimum atomic E-state index is -0.440. The van der Waals surface area contributed by atoms with Crippen LogP contribution >= 0.6 is 51.1 Å². The Morgan fingerprint density at radius 1 is 1.42 bits per heavy atom. The van der Waals surface area contributed by atoms with E-state index < -0.39 is 5.82 Å². The van der Waals surface area contributed by atoms with Gasteiger partial charge in [0.2, 0.25) is 0 Å². The van der Waals surface area contributed by atoms with Crippen LogP contribution in [0.2, 0.25) is 5.02 Å². The number of H-pyrrole nitrogens is 1. The molecule has 0 unspecified atom stereocenters. The van der Waals surface area contributed by atoms with E-state index in [9.17, 15) is 4.39 Å². The van der Waals surface area contributed by atoms with Crippen molar-refractivity contribution in [3.63, 3.8) is 0 Å². The molecule has 7 heteroatoms. The Balaban J connectivity index is 2.15. The number of hydrogen-bond donors (Lipinski definition) is 1. The number of rotatable bonds is 2. The molecule has 2 aromatic heterocycles. The molecule has 0 saturated heterocycles. The number of fused-ring (bicyclic) bond motifs is 1. The topological polar surface area (TPSA) is 20.7 Å². The first-order valence-corrected chi connectivity index (χ1v) is 7.76. The van der Waals surface area contributed by atoms with Crippen molar-refractivity contribution < 1.29 is 4.39 Å². The van der Waals surface area contributed by atoms with Crippen LogP contribution in [-0.2, 0) is 6.54 Å². The molecular weight excluding hydrogens is 371 g/mol. The number of halogens is 3. The van der Waals surface area contributed by atoms with Gasteiger partial charge in [-0.2, -0.15) is 0 Å². The number of aromatic amines is 1. The second-order valence-corrected chi connectivity index (χ2v) is 7.35. The molecule has 0 aliphatic rings. The summed E-state index contributed by atoms with van der Waals surface area (Å²) in [5, 5.41) is 0.0924. The Hall–Kier alpha value is -0.690. The van der Waals surface area contributed by atoms with E-state index >= 15 is 0 Å². The zero-order chi connectivity index (χ0) is 13.6. The summed E-state index contributed by atoms with van der Waals surface area (Å²) in [7, 11) is 0. The van der Waals surface area contributed by atoms with Gasteiger partial charge in [-0.1, -0.05) is 11.6 Å². The molecule has 1 N–H and O–H groups in total. The van der Waals surface area contributed by atoms with Crippen LogP contribution in [0.15, 0.2) is 28.1 Å². The number of hydrogen-bond acceptors (Lipinski definition) is 2. The van der Waals surface area contributed by atoms with Gasteiger partial charge in [-0.05, 0) is 46.3 Å². The van der Waals surface area contributed by atoms with E-state index in [1.54, 1.807) is 17.4 Å². The Kier molecular flexibility index (Phi) is 3.51. The van der Waals surface area contributed by atoms with Gasteiger partial charge in [0.1, 0.15) is 5.82 Å². The average Bonchev–Trinajstić information content (AvgIpc) is 2.87. The molecule has 0 atom stereocenters. The molecule has 0 aliphatic carbocycles. The summed E-state index contributed by atoms with van der Waals surface area (Å²) >= 11 is 16.1. The minimum absolute atomic E-state index is 0.0924. The lowest BCUT2D eigenvalue weighted by molar-refractivity contribution is 0.629. The fourth-order valence-electron chi connectivity index (χ4n) is 1.90. The maximum atomic E-state index is 13.6. The van der Waals surface area contributed by atoms with E-state index in [0.29, 0.717) is 11.3 Å². The van der Waals surface area contributed by atoms with Crippen LogP contribution in [-0.4, -0.2) is 9.55 Å². The third-order valence-electron chi connectivity index (χ3n) is 2.76. The van der Waals surface area contributed by atoms with E-state index in [1.807, 2.05) is 16.7 Å². The highest BCUT2D eigenvalue weighted by molar-refractivity contribution is 9.11. The Bertz CT molecular complexity index is 821. The molecule has 0 aliphatic heterocycles. The van der Waals surface area contributed by atoms with Crippen molar-refractivity contribution in [3.05, 3.63) is 48.5 Å². The van der Waals surface area contributed by atoms with Gasteiger partial charge in [0, 0.05) is 10.9 Å². The van der Waals surface area contributed by atoms with Crippen LogP contribution in [0.1, 0.15) is 4.88 Å². The molecule has 2 heterocycles. The van der Waals surface area contributed by atoms with Crippen LogP contribution in [0, 0.1) is 10.6 Å². The number of thiophene rings is 1. The fraction of sp³-hybridized carbons (Fsp3) is 0.0833. The summed E-state index contributed by atoms with van der Waals surface area (Å²) in [5.41, 5.74) is 1.46. The summed E-state index contributed by atoms with van der Waals surface area (Å²) in [6, 6.07) is 6.97. The summed E-state index contributed by atoms with van der Waals surface area (Å²) in [6.45, 7) is 0.607. The van der Waals surface area contributed by atoms with Gasteiger partial charge < -0.3 is 9.55 Å². The first-order valence-electron chi connectivity index (χ1n) is 5.36. The number of benzene rings is 1. The molecule has 0 bridgehead atoms. The van der Waals surface area contributed by atoms with Crippen molar-refractivity contribution in [3.8, 4) is 0 Å². The molecule has 0 fully saturated rings. The van der Waals surface area contributed by atoms with Crippen molar-refractivity contribution in [1.82, 2.24) is 9.55 Å². The maximum absolute atomic E-state index is 13.6. The van der Waals surface area contributed by atoms with Crippen LogP contribution < -0.4 is 0 Å². The average molecular weight is 378 g/mol. The minimum Gasteiger partial charge on any atom is -0.331 e. The van der Waals surface area contributed by atoms with Crippen molar-refractivity contribution in [2.75, 3.05) is 0 Å². The normalized spacial score (nSPS) is 11.3. The molecule has 0 saturated carbocycles. The van der Waals surface area contributed by atoms with Crippen molar-refractivity contribution in [2.24, 2.45) is 0 Å². The summed E-state index contributed by atoms with van der Waals surface area (Å²) in [6.07, 6.45) is 0. The molecule has 19 heavy (non-hydrogen) atoms.